The lowest BCUT2D eigenvalue weighted by molar-refractivity contribution is -0.384. The minimum atomic E-state index is -0.477. The second-order valence-corrected chi connectivity index (χ2v) is 3.99. The fourth-order valence-corrected chi connectivity index (χ4v) is 1.74. The third-order valence-corrected chi connectivity index (χ3v) is 2.59. The smallest absolute Gasteiger partial charge is 0.273 e. The van der Waals surface area contributed by atoms with E-state index in [1.165, 1.54) is 16.6 Å². The summed E-state index contributed by atoms with van der Waals surface area (Å²) in [5, 5.41) is 14.6. The van der Waals surface area contributed by atoms with Crippen LogP contribution in [0.1, 0.15) is 0 Å². The fourth-order valence-electron chi connectivity index (χ4n) is 1.74. The fraction of sp³-hybridized carbons (Fsp3) is 0. The summed E-state index contributed by atoms with van der Waals surface area (Å²) in [5.74, 6) is 1.03. The molecule has 8 nitrogen and oxygen atoms in total. The molecular formula is C12H9N5O3. The Morgan fingerprint density at radius 1 is 1.25 bits per heavy atom. The number of ether oxygens (including phenoxy) is 1. The molecule has 0 atom stereocenters. The first-order valence-electron chi connectivity index (χ1n) is 5.66. The molecule has 3 aromatic rings. The Kier molecular flexibility index (Phi) is 2.68. The number of nitro benzene ring substituents is 1. The van der Waals surface area contributed by atoms with Gasteiger partial charge in [0.15, 0.2) is 5.65 Å². The van der Waals surface area contributed by atoms with E-state index in [0.717, 1.165) is 0 Å². The number of nitro groups is 1. The number of fused-ring (bicyclic) bond motifs is 1. The predicted molar refractivity (Wildman–Crippen MR) is 70.6 cm³/mol. The number of non-ortho nitro benzene ring substituents is 1. The third kappa shape index (κ3) is 2.21. The van der Waals surface area contributed by atoms with Crippen molar-refractivity contribution in [3.8, 4) is 11.5 Å². The van der Waals surface area contributed by atoms with Crippen LogP contribution < -0.4 is 10.5 Å². The van der Waals surface area contributed by atoms with Gasteiger partial charge in [-0.3, -0.25) is 10.1 Å². The van der Waals surface area contributed by atoms with Crippen LogP contribution in [0.2, 0.25) is 0 Å². The number of anilines is 1. The highest BCUT2D eigenvalue weighted by Crippen LogP contribution is 2.25. The molecule has 100 valence electrons. The topological polar surface area (TPSA) is 109 Å². The number of nitrogens with two attached hydrogens (primary N) is 1. The molecule has 3 rings (SSSR count). The molecule has 20 heavy (non-hydrogen) atoms. The van der Waals surface area contributed by atoms with Gasteiger partial charge in [0, 0.05) is 18.3 Å². The summed E-state index contributed by atoms with van der Waals surface area (Å²) in [6, 6.07) is 9.25. The Labute approximate surface area is 112 Å². The van der Waals surface area contributed by atoms with E-state index < -0.39 is 4.92 Å². The SMILES string of the molecule is Nc1nc2cc(Oc3cccc([N+](=O)[O-])c3)ccn2n1. The van der Waals surface area contributed by atoms with Crippen molar-refractivity contribution in [2.75, 3.05) is 5.73 Å². The number of hydrogen-bond donors (Lipinski definition) is 1. The number of benzene rings is 1. The van der Waals surface area contributed by atoms with Crippen molar-refractivity contribution in [1.29, 1.82) is 0 Å². The van der Waals surface area contributed by atoms with E-state index in [4.69, 9.17) is 10.5 Å². The summed E-state index contributed by atoms with van der Waals surface area (Å²) in [4.78, 5) is 14.2. The van der Waals surface area contributed by atoms with Crippen molar-refractivity contribution in [3.05, 3.63) is 52.7 Å². The Bertz CT molecular complexity index is 799. The zero-order valence-electron chi connectivity index (χ0n) is 10.1. The lowest BCUT2D eigenvalue weighted by Crippen LogP contribution is -1.91. The first kappa shape index (κ1) is 11.9. The quantitative estimate of drug-likeness (QED) is 0.576. The molecule has 1 aromatic carbocycles. The molecule has 2 heterocycles. The number of nitrogen functional groups attached to an aromatic ring is 1. The van der Waals surface area contributed by atoms with Crippen LogP contribution in [0.3, 0.4) is 0 Å². The Balaban J connectivity index is 1.92. The summed E-state index contributed by atoms with van der Waals surface area (Å²) in [7, 11) is 0. The van der Waals surface area contributed by atoms with Gasteiger partial charge in [0.2, 0.25) is 5.95 Å². The van der Waals surface area contributed by atoms with Crippen molar-refractivity contribution in [2.24, 2.45) is 0 Å². The molecule has 0 saturated carbocycles. The number of aromatic nitrogens is 3. The third-order valence-electron chi connectivity index (χ3n) is 2.59. The minimum absolute atomic E-state index is 0.0321. The van der Waals surface area contributed by atoms with Gasteiger partial charge in [0.05, 0.1) is 11.0 Å². The van der Waals surface area contributed by atoms with Crippen molar-refractivity contribution >= 4 is 17.3 Å². The Morgan fingerprint density at radius 3 is 2.85 bits per heavy atom. The molecule has 2 aromatic heterocycles. The van der Waals surface area contributed by atoms with Crippen LogP contribution in [-0.4, -0.2) is 19.5 Å². The van der Waals surface area contributed by atoms with Crippen LogP contribution in [0.25, 0.3) is 5.65 Å². The molecule has 0 unspecified atom stereocenters. The molecule has 8 heteroatoms. The van der Waals surface area contributed by atoms with E-state index in [9.17, 15) is 10.1 Å². The van der Waals surface area contributed by atoms with E-state index in [-0.39, 0.29) is 11.6 Å². The van der Waals surface area contributed by atoms with Gasteiger partial charge in [-0.05, 0) is 12.1 Å². The van der Waals surface area contributed by atoms with Crippen molar-refractivity contribution in [1.82, 2.24) is 14.6 Å². The zero-order valence-corrected chi connectivity index (χ0v) is 10.1. The molecule has 0 fully saturated rings. The van der Waals surface area contributed by atoms with Crippen molar-refractivity contribution in [3.63, 3.8) is 0 Å². The standard InChI is InChI=1S/C12H9N5O3/c13-12-14-11-7-10(4-5-16(11)15-12)20-9-3-1-2-8(6-9)17(18)19/h1-7H,(H2,13,15). The summed E-state index contributed by atoms with van der Waals surface area (Å²) in [6.07, 6.45) is 1.64. The first-order valence-corrected chi connectivity index (χ1v) is 5.66. The average Bonchev–Trinajstić information content (AvgIpc) is 2.78. The summed E-state index contributed by atoms with van der Waals surface area (Å²) in [6.45, 7) is 0. The Morgan fingerprint density at radius 2 is 2.05 bits per heavy atom. The van der Waals surface area contributed by atoms with Gasteiger partial charge < -0.3 is 10.5 Å². The molecule has 0 spiro atoms. The van der Waals surface area contributed by atoms with E-state index in [1.54, 1.807) is 30.5 Å². The van der Waals surface area contributed by atoms with Crippen LogP contribution in [0.15, 0.2) is 42.6 Å². The van der Waals surface area contributed by atoms with E-state index in [2.05, 4.69) is 10.1 Å². The number of pyridine rings is 1. The summed E-state index contributed by atoms with van der Waals surface area (Å²) in [5.41, 5.74) is 5.99. The molecule has 0 radical (unpaired) electrons. The highest BCUT2D eigenvalue weighted by Gasteiger charge is 2.08. The molecule has 2 N–H and O–H groups in total. The predicted octanol–water partition coefficient (Wildman–Crippen LogP) is 2.01. The number of hydrogen-bond acceptors (Lipinski definition) is 6. The summed E-state index contributed by atoms with van der Waals surface area (Å²) >= 11 is 0. The number of rotatable bonds is 3. The van der Waals surface area contributed by atoms with E-state index >= 15 is 0 Å². The minimum Gasteiger partial charge on any atom is -0.457 e. The molecule has 0 amide bonds. The largest absolute Gasteiger partial charge is 0.457 e. The maximum atomic E-state index is 10.7. The maximum Gasteiger partial charge on any atom is 0.273 e. The summed E-state index contributed by atoms with van der Waals surface area (Å²) < 4.78 is 7.07. The van der Waals surface area contributed by atoms with Crippen LogP contribution >= 0.6 is 0 Å². The van der Waals surface area contributed by atoms with Gasteiger partial charge in [-0.1, -0.05) is 6.07 Å². The molecule has 0 aliphatic carbocycles. The van der Waals surface area contributed by atoms with Crippen LogP contribution in [0.5, 0.6) is 11.5 Å². The van der Waals surface area contributed by atoms with Gasteiger partial charge >= 0.3 is 0 Å². The molecule has 0 saturated heterocycles. The van der Waals surface area contributed by atoms with Gasteiger partial charge in [0.25, 0.3) is 5.69 Å². The second kappa shape index (κ2) is 4.50. The van der Waals surface area contributed by atoms with E-state index in [1.807, 2.05) is 0 Å². The monoisotopic (exact) mass is 271 g/mol. The highest BCUT2D eigenvalue weighted by molar-refractivity contribution is 5.48. The van der Waals surface area contributed by atoms with Gasteiger partial charge in [0.1, 0.15) is 11.5 Å². The highest BCUT2D eigenvalue weighted by atomic mass is 16.6. The lowest BCUT2D eigenvalue weighted by Gasteiger charge is -2.05. The van der Waals surface area contributed by atoms with Crippen LogP contribution in [0, 0.1) is 10.1 Å². The first-order chi connectivity index (χ1) is 9.61. The maximum absolute atomic E-state index is 10.7. The lowest BCUT2D eigenvalue weighted by atomic mass is 10.3. The molecular weight excluding hydrogens is 262 g/mol. The van der Waals surface area contributed by atoms with Crippen molar-refractivity contribution < 1.29 is 9.66 Å². The molecule has 0 aliphatic rings. The van der Waals surface area contributed by atoms with Gasteiger partial charge in [-0.25, -0.2) is 4.52 Å². The molecule has 0 bridgehead atoms. The second-order valence-electron chi connectivity index (χ2n) is 3.99. The van der Waals surface area contributed by atoms with Crippen LogP contribution in [0.4, 0.5) is 11.6 Å². The van der Waals surface area contributed by atoms with Crippen molar-refractivity contribution in [2.45, 2.75) is 0 Å². The number of nitrogens with zero attached hydrogens (tertiary/aromatic N) is 4. The van der Waals surface area contributed by atoms with Gasteiger partial charge in [-0.15, -0.1) is 5.10 Å². The average molecular weight is 271 g/mol. The van der Waals surface area contributed by atoms with E-state index in [0.29, 0.717) is 17.1 Å². The Hall–Kier alpha value is -3.16. The zero-order chi connectivity index (χ0) is 14.1. The normalized spacial score (nSPS) is 10.6. The van der Waals surface area contributed by atoms with Gasteiger partial charge in [-0.2, -0.15) is 4.98 Å². The molecule has 0 aliphatic heterocycles. The van der Waals surface area contributed by atoms with Crippen LogP contribution in [-0.2, 0) is 0 Å².